The first-order valence-electron chi connectivity index (χ1n) is 7.75. The predicted octanol–water partition coefficient (Wildman–Crippen LogP) is 5.08. The fourth-order valence-electron chi connectivity index (χ4n) is 2.48. The molecule has 3 heteroatoms. The summed E-state index contributed by atoms with van der Waals surface area (Å²) in [7, 11) is 1.71. The summed E-state index contributed by atoms with van der Waals surface area (Å²) in [6.07, 6.45) is 9.92. The number of benzene rings is 1. The minimum absolute atomic E-state index is 0.226. The van der Waals surface area contributed by atoms with Crippen molar-refractivity contribution in [2.75, 3.05) is 7.11 Å². The van der Waals surface area contributed by atoms with Crippen LogP contribution in [0.1, 0.15) is 57.4 Å². The second-order valence-electron chi connectivity index (χ2n) is 5.48. The highest BCUT2D eigenvalue weighted by atomic mass is 79.9. The van der Waals surface area contributed by atoms with Crippen molar-refractivity contribution in [2.45, 2.75) is 64.3 Å². The Hall–Kier alpha value is -0.540. The maximum Gasteiger partial charge on any atom is 0.122 e. The first-order chi connectivity index (χ1) is 9.67. The van der Waals surface area contributed by atoms with Crippen molar-refractivity contribution in [2.24, 2.45) is 5.73 Å². The molecule has 0 aromatic heterocycles. The molecule has 0 saturated heterocycles. The average molecular weight is 342 g/mol. The molecular weight excluding hydrogens is 314 g/mol. The van der Waals surface area contributed by atoms with E-state index in [0.29, 0.717) is 0 Å². The Morgan fingerprint density at radius 2 is 1.85 bits per heavy atom. The first-order valence-corrected chi connectivity index (χ1v) is 8.54. The van der Waals surface area contributed by atoms with Crippen LogP contribution in [0, 0.1) is 0 Å². The average Bonchev–Trinajstić information content (AvgIpc) is 2.43. The van der Waals surface area contributed by atoms with Crippen LogP contribution >= 0.6 is 15.9 Å². The van der Waals surface area contributed by atoms with Crippen LogP contribution < -0.4 is 10.5 Å². The van der Waals surface area contributed by atoms with Gasteiger partial charge in [-0.25, -0.2) is 0 Å². The summed E-state index contributed by atoms with van der Waals surface area (Å²) in [6, 6.07) is 6.34. The third-order valence-electron chi connectivity index (χ3n) is 3.65. The van der Waals surface area contributed by atoms with Gasteiger partial charge in [0.1, 0.15) is 5.75 Å². The van der Waals surface area contributed by atoms with Crippen LogP contribution in [0.25, 0.3) is 0 Å². The molecule has 0 aliphatic rings. The van der Waals surface area contributed by atoms with Crippen LogP contribution in [0.4, 0.5) is 0 Å². The van der Waals surface area contributed by atoms with Crippen LogP contribution in [0.15, 0.2) is 22.7 Å². The van der Waals surface area contributed by atoms with Gasteiger partial charge >= 0.3 is 0 Å². The number of halogens is 1. The minimum atomic E-state index is 0.226. The standard InChI is InChI=1S/C17H28BrNO/c1-3-4-5-6-7-8-9-16(19)13-14-12-15(18)10-11-17(14)20-2/h10-12,16H,3-9,13,19H2,1-2H3. The topological polar surface area (TPSA) is 35.2 Å². The van der Waals surface area contributed by atoms with E-state index in [9.17, 15) is 0 Å². The SMILES string of the molecule is CCCCCCCCC(N)Cc1cc(Br)ccc1OC. The second-order valence-corrected chi connectivity index (χ2v) is 6.39. The fraction of sp³-hybridized carbons (Fsp3) is 0.647. The zero-order chi connectivity index (χ0) is 14.8. The van der Waals surface area contributed by atoms with Gasteiger partial charge in [-0.05, 0) is 36.6 Å². The van der Waals surface area contributed by atoms with Crippen LogP contribution in [-0.2, 0) is 6.42 Å². The van der Waals surface area contributed by atoms with Gasteiger partial charge in [0.15, 0.2) is 0 Å². The van der Waals surface area contributed by atoms with Crippen molar-refractivity contribution in [3.8, 4) is 5.75 Å². The van der Waals surface area contributed by atoms with Gasteiger partial charge < -0.3 is 10.5 Å². The molecule has 0 aliphatic carbocycles. The Labute approximate surface area is 132 Å². The molecule has 114 valence electrons. The Kier molecular flexibility index (Phi) is 8.95. The van der Waals surface area contributed by atoms with Crippen LogP contribution in [0.2, 0.25) is 0 Å². The quantitative estimate of drug-likeness (QED) is 0.602. The Morgan fingerprint density at radius 1 is 1.15 bits per heavy atom. The molecule has 0 bridgehead atoms. The number of ether oxygens (including phenoxy) is 1. The molecule has 0 fully saturated rings. The monoisotopic (exact) mass is 341 g/mol. The Bertz CT molecular complexity index is 381. The summed E-state index contributed by atoms with van der Waals surface area (Å²) in [6.45, 7) is 2.25. The molecule has 2 nitrogen and oxygen atoms in total. The lowest BCUT2D eigenvalue weighted by atomic mass is 10.00. The zero-order valence-electron chi connectivity index (χ0n) is 12.8. The third-order valence-corrected chi connectivity index (χ3v) is 4.15. The molecule has 20 heavy (non-hydrogen) atoms. The Balaban J connectivity index is 2.31. The molecule has 0 spiro atoms. The van der Waals surface area contributed by atoms with Crippen molar-refractivity contribution in [3.63, 3.8) is 0 Å². The number of unbranched alkanes of at least 4 members (excludes halogenated alkanes) is 5. The summed E-state index contributed by atoms with van der Waals surface area (Å²) >= 11 is 3.51. The molecule has 1 aromatic rings. The van der Waals surface area contributed by atoms with Crippen molar-refractivity contribution in [3.05, 3.63) is 28.2 Å². The number of rotatable bonds is 10. The number of hydrogen-bond acceptors (Lipinski definition) is 2. The van der Waals surface area contributed by atoms with Gasteiger partial charge in [0.2, 0.25) is 0 Å². The summed E-state index contributed by atoms with van der Waals surface area (Å²) in [4.78, 5) is 0. The van der Waals surface area contributed by atoms with E-state index in [1.165, 1.54) is 44.1 Å². The van der Waals surface area contributed by atoms with Crippen molar-refractivity contribution in [1.82, 2.24) is 0 Å². The van der Waals surface area contributed by atoms with Crippen LogP contribution in [0.3, 0.4) is 0 Å². The van der Waals surface area contributed by atoms with E-state index in [4.69, 9.17) is 10.5 Å². The molecule has 0 saturated carbocycles. The van der Waals surface area contributed by atoms with Crippen molar-refractivity contribution in [1.29, 1.82) is 0 Å². The normalized spacial score (nSPS) is 12.4. The van der Waals surface area contributed by atoms with Gasteiger partial charge in [-0.3, -0.25) is 0 Å². The number of nitrogens with two attached hydrogens (primary N) is 1. The smallest absolute Gasteiger partial charge is 0.122 e. The lowest BCUT2D eigenvalue weighted by Crippen LogP contribution is -2.22. The second kappa shape index (κ2) is 10.2. The zero-order valence-corrected chi connectivity index (χ0v) is 14.4. The van der Waals surface area contributed by atoms with Crippen molar-refractivity contribution >= 4 is 15.9 Å². The summed E-state index contributed by atoms with van der Waals surface area (Å²) in [5.74, 6) is 0.937. The molecular formula is C17H28BrNO. The predicted molar refractivity (Wildman–Crippen MR) is 90.4 cm³/mol. The molecule has 2 N–H and O–H groups in total. The van der Waals surface area contributed by atoms with E-state index in [0.717, 1.165) is 23.1 Å². The molecule has 1 atom stereocenters. The van der Waals surface area contributed by atoms with Gasteiger partial charge in [0.05, 0.1) is 7.11 Å². The maximum atomic E-state index is 6.25. The van der Waals surface area contributed by atoms with E-state index in [-0.39, 0.29) is 6.04 Å². The molecule has 1 rings (SSSR count). The third kappa shape index (κ3) is 6.76. The first kappa shape index (κ1) is 17.5. The molecule has 0 aliphatic heterocycles. The molecule has 0 amide bonds. The van der Waals surface area contributed by atoms with Gasteiger partial charge in [-0.15, -0.1) is 0 Å². The maximum absolute atomic E-state index is 6.25. The lowest BCUT2D eigenvalue weighted by molar-refractivity contribution is 0.406. The summed E-state index contributed by atoms with van der Waals surface area (Å²) in [5, 5.41) is 0. The minimum Gasteiger partial charge on any atom is -0.496 e. The van der Waals surface area contributed by atoms with Crippen molar-refractivity contribution < 1.29 is 4.74 Å². The number of methoxy groups -OCH3 is 1. The Morgan fingerprint density at radius 3 is 2.55 bits per heavy atom. The summed E-state index contributed by atoms with van der Waals surface area (Å²) < 4.78 is 6.48. The highest BCUT2D eigenvalue weighted by Gasteiger charge is 2.09. The van der Waals surface area contributed by atoms with Gasteiger partial charge in [0.25, 0.3) is 0 Å². The highest BCUT2D eigenvalue weighted by molar-refractivity contribution is 9.10. The van der Waals surface area contributed by atoms with E-state index < -0.39 is 0 Å². The summed E-state index contributed by atoms with van der Waals surface area (Å²) in [5.41, 5.74) is 7.44. The van der Waals surface area contributed by atoms with E-state index in [1.54, 1.807) is 7.11 Å². The van der Waals surface area contributed by atoms with Crippen LogP contribution in [0.5, 0.6) is 5.75 Å². The molecule has 0 radical (unpaired) electrons. The molecule has 0 heterocycles. The van der Waals surface area contributed by atoms with E-state index >= 15 is 0 Å². The molecule has 1 aromatic carbocycles. The fourth-order valence-corrected chi connectivity index (χ4v) is 2.89. The van der Waals surface area contributed by atoms with Crippen LogP contribution in [-0.4, -0.2) is 13.2 Å². The van der Waals surface area contributed by atoms with Gasteiger partial charge in [-0.1, -0.05) is 61.4 Å². The largest absolute Gasteiger partial charge is 0.496 e. The molecule has 1 unspecified atom stereocenters. The van der Waals surface area contributed by atoms with E-state index in [1.807, 2.05) is 12.1 Å². The lowest BCUT2D eigenvalue weighted by Gasteiger charge is -2.14. The highest BCUT2D eigenvalue weighted by Crippen LogP contribution is 2.24. The van der Waals surface area contributed by atoms with E-state index in [2.05, 4.69) is 28.9 Å². The van der Waals surface area contributed by atoms with Gasteiger partial charge in [0, 0.05) is 10.5 Å². The number of hydrogen-bond donors (Lipinski definition) is 1. The van der Waals surface area contributed by atoms with Gasteiger partial charge in [-0.2, -0.15) is 0 Å².